The Labute approximate surface area is 118 Å². The second-order valence-electron chi connectivity index (χ2n) is 4.05. The molecule has 2 rings (SSSR count). The summed E-state index contributed by atoms with van der Waals surface area (Å²) in [6.07, 6.45) is 0. The van der Waals surface area contributed by atoms with E-state index in [-0.39, 0.29) is 11.1 Å². The monoisotopic (exact) mass is 290 g/mol. The van der Waals surface area contributed by atoms with Crippen LogP contribution in [0.3, 0.4) is 0 Å². The van der Waals surface area contributed by atoms with Crippen LogP contribution in [-0.4, -0.2) is 4.92 Å². The van der Waals surface area contributed by atoms with Gasteiger partial charge in [-0.2, -0.15) is 5.26 Å². The number of hydrogen-bond acceptors (Lipinski definition) is 4. The molecule has 0 N–H and O–H groups in total. The number of ether oxygens (including phenoxy) is 1. The van der Waals surface area contributed by atoms with E-state index in [0.717, 1.165) is 18.2 Å². The first-order valence-electron chi connectivity index (χ1n) is 5.77. The quantitative estimate of drug-likeness (QED) is 0.639. The normalized spacial score (nSPS) is 9.95. The Bertz CT molecular complexity index is 741. The molecular weight excluding hydrogens is 282 g/mol. The highest BCUT2D eigenvalue weighted by atomic mass is 19.1. The van der Waals surface area contributed by atoms with Gasteiger partial charge in [0, 0.05) is 11.6 Å². The average molecular weight is 290 g/mol. The van der Waals surface area contributed by atoms with E-state index in [1.807, 2.05) is 6.07 Å². The molecule has 2 aromatic carbocycles. The molecule has 0 aliphatic carbocycles. The van der Waals surface area contributed by atoms with Crippen LogP contribution in [0.2, 0.25) is 0 Å². The standard InChI is InChI=1S/C14H8F2N2O3/c15-11-5-4-9(7-17)6-10(11)8-21-14-12(16)2-1-3-13(14)18(19)20/h1-6H,8H2. The van der Waals surface area contributed by atoms with Crippen LogP contribution >= 0.6 is 0 Å². The molecule has 0 unspecified atom stereocenters. The van der Waals surface area contributed by atoms with Crippen molar-refractivity contribution < 1.29 is 18.4 Å². The van der Waals surface area contributed by atoms with Gasteiger partial charge in [0.2, 0.25) is 5.75 Å². The lowest BCUT2D eigenvalue weighted by Crippen LogP contribution is -2.03. The molecule has 0 fully saturated rings. The van der Waals surface area contributed by atoms with Gasteiger partial charge < -0.3 is 4.74 Å². The molecule has 0 amide bonds. The fourth-order valence-electron chi connectivity index (χ4n) is 1.69. The van der Waals surface area contributed by atoms with Crippen molar-refractivity contribution in [2.24, 2.45) is 0 Å². The van der Waals surface area contributed by atoms with Crippen LogP contribution in [0, 0.1) is 33.1 Å². The second kappa shape index (κ2) is 5.96. The summed E-state index contributed by atoms with van der Waals surface area (Å²) in [5, 5.41) is 19.5. The summed E-state index contributed by atoms with van der Waals surface area (Å²) in [7, 11) is 0. The molecule has 5 nitrogen and oxygen atoms in total. The Hall–Kier alpha value is -3.01. The van der Waals surface area contributed by atoms with E-state index in [2.05, 4.69) is 0 Å². The third-order valence-corrected chi connectivity index (χ3v) is 2.69. The maximum absolute atomic E-state index is 13.6. The maximum atomic E-state index is 13.6. The molecule has 2 aromatic rings. The number of nitro benzene ring substituents is 1. The maximum Gasteiger partial charge on any atom is 0.314 e. The van der Waals surface area contributed by atoms with Crippen molar-refractivity contribution in [2.75, 3.05) is 0 Å². The number of halogens is 2. The molecule has 0 heterocycles. The van der Waals surface area contributed by atoms with Crippen molar-refractivity contribution >= 4 is 5.69 Å². The third kappa shape index (κ3) is 3.12. The highest BCUT2D eigenvalue weighted by Crippen LogP contribution is 2.30. The molecule has 0 atom stereocenters. The highest BCUT2D eigenvalue weighted by Gasteiger charge is 2.20. The van der Waals surface area contributed by atoms with Gasteiger partial charge in [-0.1, -0.05) is 6.07 Å². The average Bonchev–Trinajstić information content (AvgIpc) is 2.47. The zero-order valence-electron chi connectivity index (χ0n) is 10.5. The molecule has 0 bridgehead atoms. The fraction of sp³-hybridized carbons (Fsp3) is 0.0714. The van der Waals surface area contributed by atoms with Crippen LogP contribution in [-0.2, 0) is 6.61 Å². The molecule has 7 heteroatoms. The predicted molar refractivity (Wildman–Crippen MR) is 68.5 cm³/mol. The summed E-state index contributed by atoms with van der Waals surface area (Å²) in [5.41, 5.74) is -0.337. The first-order valence-corrected chi connectivity index (χ1v) is 5.77. The SMILES string of the molecule is N#Cc1ccc(F)c(COc2c(F)cccc2[N+](=O)[O-])c1. The van der Waals surface area contributed by atoms with Gasteiger partial charge in [0.1, 0.15) is 12.4 Å². The number of nitriles is 1. The smallest absolute Gasteiger partial charge is 0.314 e. The largest absolute Gasteiger partial charge is 0.480 e. The summed E-state index contributed by atoms with van der Waals surface area (Å²) >= 11 is 0. The Morgan fingerprint density at radius 2 is 2.00 bits per heavy atom. The van der Waals surface area contributed by atoms with E-state index in [1.54, 1.807) is 0 Å². The number of hydrogen-bond donors (Lipinski definition) is 0. The lowest BCUT2D eigenvalue weighted by Gasteiger charge is -2.08. The van der Waals surface area contributed by atoms with Crippen LogP contribution < -0.4 is 4.74 Å². The van der Waals surface area contributed by atoms with E-state index in [0.29, 0.717) is 0 Å². The number of benzene rings is 2. The van der Waals surface area contributed by atoms with Gasteiger partial charge in [0.25, 0.3) is 0 Å². The van der Waals surface area contributed by atoms with E-state index < -0.39 is 34.6 Å². The van der Waals surface area contributed by atoms with Gasteiger partial charge in [-0.3, -0.25) is 10.1 Å². The van der Waals surface area contributed by atoms with Gasteiger partial charge in [-0.05, 0) is 24.3 Å². The van der Waals surface area contributed by atoms with Gasteiger partial charge in [0.05, 0.1) is 16.6 Å². The molecule has 106 valence electrons. The molecule has 0 spiro atoms. The molecule has 0 aliphatic heterocycles. The Morgan fingerprint density at radius 1 is 1.24 bits per heavy atom. The van der Waals surface area contributed by atoms with Gasteiger partial charge in [-0.15, -0.1) is 0 Å². The summed E-state index contributed by atoms with van der Waals surface area (Å²) in [5.74, 6) is -2.13. The first kappa shape index (κ1) is 14.4. The Morgan fingerprint density at radius 3 is 2.67 bits per heavy atom. The molecule has 0 radical (unpaired) electrons. The van der Waals surface area contributed by atoms with Crippen molar-refractivity contribution in [2.45, 2.75) is 6.61 Å². The van der Waals surface area contributed by atoms with E-state index in [1.165, 1.54) is 18.2 Å². The Kier molecular flexibility index (Phi) is 4.09. The minimum absolute atomic E-state index is 0.00611. The molecule has 0 aromatic heterocycles. The van der Waals surface area contributed by atoms with E-state index in [9.17, 15) is 18.9 Å². The number of rotatable bonds is 4. The predicted octanol–water partition coefficient (Wildman–Crippen LogP) is 3.32. The summed E-state index contributed by atoms with van der Waals surface area (Å²) in [4.78, 5) is 10.0. The lowest BCUT2D eigenvalue weighted by atomic mass is 10.1. The van der Waals surface area contributed by atoms with Crippen molar-refractivity contribution in [3.63, 3.8) is 0 Å². The van der Waals surface area contributed by atoms with Gasteiger partial charge in [0.15, 0.2) is 5.82 Å². The molecule has 0 saturated carbocycles. The Balaban J connectivity index is 2.29. The highest BCUT2D eigenvalue weighted by molar-refractivity contribution is 5.47. The van der Waals surface area contributed by atoms with Crippen molar-refractivity contribution in [3.05, 3.63) is 69.3 Å². The minimum Gasteiger partial charge on any atom is -0.480 e. The molecular formula is C14H8F2N2O3. The summed E-state index contributed by atoms with van der Waals surface area (Å²) < 4.78 is 32.2. The van der Waals surface area contributed by atoms with Crippen molar-refractivity contribution in [1.29, 1.82) is 5.26 Å². The zero-order valence-corrected chi connectivity index (χ0v) is 10.5. The minimum atomic E-state index is -0.916. The van der Waals surface area contributed by atoms with Crippen molar-refractivity contribution in [3.8, 4) is 11.8 Å². The third-order valence-electron chi connectivity index (χ3n) is 2.69. The summed E-state index contributed by atoms with van der Waals surface area (Å²) in [6.45, 7) is -0.427. The molecule has 21 heavy (non-hydrogen) atoms. The van der Waals surface area contributed by atoms with Crippen molar-refractivity contribution in [1.82, 2.24) is 0 Å². The van der Waals surface area contributed by atoms with E-state index in [4.69, 9.17) is 10.00 Å². The van der Waals surface area contributed by atoms with Crippen LogP contribution in [0.25, 0.3) is 0 Å². The molecule has 0 aliphatic rings. The zero-order chi connectivity index (χ0) is 15.4. The lowest BCUT2D eigenvalue weighted by molar-refractivity contribution is -0.386. The number of nitrogens with zero attached hydrogens (tertiary/aromatic N) is 2. The van der Waals surface area contributed by atoms with Crippen LogP contribution in [0.1, 0.15) is 11.1 Å². The number of nitro groups is 1. The van der Waals surface area contributed by atoms with Gasteiger partial charge in [-0.25, -0.2) is 8.78 Å². The van der Waals surface area contributed by atoms with E-state index >= 15 is 0 Å². The first-order chi connectivity index (χ1) is 10.0. The van der Waals surface area contributed by atoms with Crippen LogP contribution in [0.5, 0.6) is 5.75 Å². The van der Waals surface area contributed by atoms with Crippen LogP contribution in [0.4, 0.5) is 14.5 Å². The molecule has 0 saturated heterocycles. The van der Waals surface area contributed by atoms with Crippen LogP contribution in [0.15, 0.2) is 36.4 Å². The topological polar surface area (TPSA) is 76.2 Å². The fourth-order valence-corrected chi connectivity index (χ4v) is 1.69. The number of para-hydroxylation sites is 1. The summed E-state index contributed by atoms with van der Waals surface area (Å²) in [6, 6.07) is 8.69. The second-order valence-corrected chi connectivity index (χ2v) is 4.05. The van der Waals surface area contributed by atoms with Gasteiger partial charge >= 0.3 is 5.69 Å².